The van der Waals surface area contributed by atoms with Crippen molar-refractivity contribution in [3.8, 4) is 5.75 Å². The van der Waals surface area contributed by atoms with Gasteiger partial charge in [-0.1, -0.05) is 17.4 Å². The summed E-state index contributed by atoms with van der Waals surface area (Å²) >= 11 is 3.00. The van der Waals surface area contributed by atoms with Crippen LogP contribution in [0.2, 0.25) is 0 Å². The normalized spacial score (nSPS) is 14.5. The highest BCUT2D eigenvalue weighted by atomic mass is 32.2. The molecule has 0 unspecified atom stereocenters. The number of ether oxygens (including phenoxy) is 2. The Labute approximate surface area is 201 Å². The number of benzene rings is 2. The van der Waals surface area contributed by atoms with Crippen LogP contribution in [-0.2, 0) is 9.53 Å². The van der Waals surface area contributed by atoms with E-state index < -0.39 is 0 Å². The van der Waals surface area contributed by atoms with Gasteiger partial charge in [-0.25, -0.2) is 9.37 Å². The first-order chi connectivity index (χ1) is 16.1. The number of para-hydroxylation sites is 1. The highest BCUT2D eigenvalue weighted by molar-refractivity contribution is 7.99. The molecule has 33 heavy (non-hydrogen) atoms. The minimum Gasteiger partial charge on any atom is -0.497 e. The van der Waals surface area contributed by atoms with Gasteiger partial charge in [-0.05, 0) is 42.8 Å². The van der Waals surface area contributed by atoms with Crippen molar-refractivity contribution in [3.63, 3.8) is 0 Å². The first kappa shape index (κ1) is 23.9. The van der Waals surface area contributed by atoms with Crippen molar-refractivity contribution in [1.82, 2.24) is 9.88 Å². The topological polar surface area (TPSA) is 54.9 Å². The maximum atomic E-state index is 14.2. The summed E-state index contributed by atoms with van der Waals surface area (Å²) in [5, 5.41) is 0.566. The summed E-state index contributed by atoms with van der Waals surface area (Å²) in [6, 6.07) is 12.7. The van der Waals surface area contributed by atoms with Gasteiger partial charge >= 0.3 is 0 Å². The van der Waals surface area contributed by atoms with E-state index in [2.05, 4.69) is 9.88 Å². The van der Waals surface area contributed by atoms with Crippen LogP contribution in [0.5, 0.6) is 5.75 Å². The average molecular weight is 490 g/mol. The molecule has 4 rings (SSSR count). The molecule has 6 nitrogen and oxygen atoms in total. The van der Waals surface area contributed by atoms with Crippen LogP contribution in [-0.4, -0.2) is 68.0 Å². The van der Waals surface area contributed by atoms with E-state index in [-0.39, 0.29) is 11.7 Å². The molecule has 2 aromatic carbocycles. The summed E-state index contributed by atoms with van der Waals surface area (Å²) in [6.07, 6.45) is 1.21. The molecule has 1 fully saturated rings. The second kappa shape index (κ2) is 11.8. The average Bonchev–Trinajstić information content (AvgIpc) is 3.28. The van der Waals surface area contributed by atoms with E-state index in [0.717, 1.165) is 54.6 Å². The summed E-state index contributed by atoms with van der Waals surface area (Å²) in [5.41, 5.74) is 0.330. The number of amides is 1. The third kappa shape index (κ3) is 6.44. The summed E-state index contributed by atoms with van der Waals surface area (Å²) in [5.74, 6) is 1.12. The molecule has 0 atom stereocenters. The molecule has 1 aliphatic heterocycles. The summed E-state index contributed by atoms with van der Waals surface area (Å²) in [6.45, 7) is 4.79. The van der Waals surface area contributed by atoms with E-state index >= 15 is 0 Å². The molecule has 0 radical (unpaired) electrons. The zero-order chi connectivity index (χ0) is 23.0. The lowest BCUT2D eigenvalue weighted by Gasteiger charge is -2.27. The third-order valence-corrected chi connectivity index (χ3v) is 7.55. The van der Waals surface area contributed by atoms with E-state index in [0.29, 0.717) is 29.4 Å². The summed E-state index contributed by atoms with van der Waals surface area (Å²) in [7, 11) is 1.64. The molecular weight excluding hydrogens is 461 g/mol. The number of hydrogen-bond acceptors (Lipinski definition) is 7. The molecule has 0 saturated carbocycles. The minimum atomic E-state index is -0.356. The molecule has 9 heteroatoms. The zero-order valence-corrected chi connectivity index (χ0v) is 20.3. The Morgan fingerprint density at radius 2 is 2.03 bits per heavy atom. The largest absolute Gasteiger partial charge is 0.497 e. The first-order valence-electron chi connectivity index (χ1n) is 11.1. The van der Waals surface area contributed by atoms with Crippen molar-refractivity contribution in [2.75, 3.05) is 57.2 Å². The Balaban J connectivity index is 1.40. The number of nitrogens with zero attached hydrogens (tertiary/aromatic N) is 3. The number of fused-ring (bicyclic) bond motifs is 1. The van der Waals surface area contributed by atoms with Gasteiger partial charge in [-0.3, -0.25) is 14.6 Å². The van der Waals surface area contributed by atoms with Crippen molar-refractivity contribution in [3.05, 3.63) is 48.3 Å². The number of hydrogen-bond donors (Lipinski definition) is 0. The Morgan fingerprint density at radius 3 is 2.76 bits per heavy atom. The van der Waals surface area contributed by atoms with E-state index in [1.54, 1.807) is 29.8 Å². The van der Waals surface area contributed by atoms with Gasteiger partial charge in [0.1, 0.15) is 17.1 Å². The van der Waals surface area contributed by atoms with Crippen molar-refractivity contribution in [2.45, 2.75) is 17.7 Å². The van der Waals surface area contributed by atoms with Gasteiger partial charge in [0.25, 0.3) is 0 Å². The maximum Gasteiger partial charge on any atom is 0.229 e. The van der Waals surface area contributed by atoms with Crippen molar-refractivity contribution >= 4 is 44.4 Å². The molecule has 0 N–H and O–H groups in total. The van der Waals surface area contributed by atoms with Gasteiger partial charge in [-0.2, -0.15) is 0 Å². The lowest BCUT2D eigenvalue weighted by molar-refractivity contribution is -0.118. The highest BCUT2D eigenvalue weighted by Gasteiger charge is 2.21. The minimum absolute atomic E-state index is 0.0115. The van der Waals surface area contributed by atoms with Crippen LogP contribution in [0, 0.1) is 5.82 Å². The fraction of sp³-hybridized carbons (Fsp3) is 0.417. The van der Waals surface area contributed by atoms with Crippen LogP contribution in [0.25, 0.3) is 10.2 Å². The Kier molecular flexibility index (Phi) is 8.55. The molecule has 2 heterocycles. The second-order valence-corrected chi connectivity index (χ2v) is 9.89. The standard InChI is InChI=1S/C24H28FN3O3S2/c1-30-18-6-8-19(9-7-18)32-17-10-22(29)28(12-3-11-27-13-15-31-16-14-27)24-26-23-20(25)4-2-5-21(23)33-24/h2,4-9H,3,10-17H2,1H3. The molecular formula is C24H28FN3O3S2. The van der Waals surface area contributed by atoms with Gasteiger partial charge in [0.05, 0.1) is 25.0 Å². The van der Waals surface area contributed by atoms with E-state index in [1.807, 2.05) is 30.3 Å². The molecule has 0 spiro atoms. The quantitative estimate of drug-likeness (QED) is 0.386. The second-order valence-electron chi connectivity index (χ2n) is 7.71. The Morgan fingerprint density at radius 1 is 1.24 bits per heavy atom. The number of carbonyl (C=O) groups is 1. The van der Waals surface area contributed by atoms with E-state index in [9.17, 15) is 9.18 Å². The van der Waals surface area contributed by atoms with Gasteiger partial charge in [0, 0.05) is 43.2 Å². The highest BCUT2D eigenvalue weighted by Crippen LogP contribution is 2.31. The fourth-order valence-corrected chi connectivity index (χ4v) is 5.55. The first-order valence-corrected chi connectivity index (χ1v) is 12.9. The molecule has 1 aromatic heterocycles. The van der Waals surface area contributed by atoms with Crippen LogP contribution >= 0.6 is 23.1 Å². The fourth-order valence-electron chi connectivity index (χ4n) is 3.69. The molecule has 0 aliphatic carbocycles. The predicted molar refractivity (Wildman–Crippen MR) is 132 cm³/mol. The Hall–Kier alpha value is -2.20. The molecule has 176 valence electrons. The molecule has 0 bridgehead atoms. The maximum absolute atomic E-state index is 14.2. The van der Waals surface area contributed by atoms with Crippen LogP contribution in [0.3, 0.4) is 0 Å². The van der Waals surface area contributed by atoms with Crippen LogP contribution in [0.15, 0.2) is 47.4 Å². The SMILES string of the molecule is COc1ccc(SCCC(=O)N(CCCN2CCOCC2)c2nc3c(F)cccc3s2)cc1. The smallest absolute Gasteiger partial charge is 0.229 e. The van der Waals surface area contributed by atoms with Crippen LogP contribution in [0.1, 0.15) is 12.8 Å². The van der Waals surface area contributed by atoms with Gasteiger partial charge in [0.2, 0.25) is 5.91 Å². The Bertz CT molecular complexity index is 1050. The number of morpholine rings is 1. The molecule has 1 aliphatic rings. The molecule has 3 aromatic rings. The summed E-state index contributed by atoms with van der Waals surface area (Å²) < 4.78 is 25.6. The van der Waals surface area contributed by atoms with Crippen molar-refractivity contribution in [1.29, 1.82) is 0 Å². The zero-order valence-electron chi connectivity index (χ0n) is 18.7. The monoisotopic (exact) mass is 489 g/mol. The number of thioether (sulfide) groups is 1. The van der Waals surface area contributed by atoms with Gasteiger partial charge < -0.3 is 9.47 Å². The summed E-state index contributed by atoms with van der Waals surface area (Å²) in [4.78, 5) is 22.9. The lowest BCUT2D eigenvalue weighted by Crippen LogP contribution is -2.39. The number of methoxy groups -OCH3 is 1. The van der Waals surface area contributed by atoms with Crippen molar-refractivity contribution < 1.29 is 18.7 Å². The van der Waals surface area contributed by atoms with E-state index in [4.69, 9.17) is 9.47 Å². The number of halogens is 1. The van der Waals surface area contributed by atoms with Crippen LogP contribution < -0.4 is 9.64 Å². The number of anilines is 1. The number of thiazole rings is 1. The van der Waals surface area contributed by atoms with Gasteiger partial charge in [-0.15, -0.1) is 11.8 Å². The van der Waals surface area contributed by atoms with Gasteiger partial charge in [0.15, 0.2) is 5.13 Å². The van der Waals surface area contributed by atoms with Crippen molar-refractivity contribution in [2.24, 2.45) is 0 Å². The number of carbonyl (C=O) groups excluding carboxylic acids is 1. The lowest BCUT2D eigenvalue weighted by atomic mass is 10.3. The number of rotatable bonds is 10. The molecule has 1 saturated heterocycles. The number of aromatic nitrogens is 1. The third-order valence-electron chi connectivity index (χ3n) is 5.49. The molecule has 1 amide bonds. The predicted octanol–water partition coefficient (Wildman–Crippen LogP) is 4.68. The van der Waals surface area contributed by atoms with E-state index in [1.165, 1.54) is 17.4 Å². The van der Waals surface area contributed by atoms with Crippen LogP contribution in [0.4, 0.5) is 9.52 Å².